The Bertz CT molecular complexity index is 483. The highest BCUT2D eigenvalue weighted by Gasteiger charge is 2.29. The summed E-state index contributed by atoms with van der Waals surface area (Å²) < 4.78 is 10.7. The standard InChI is InChI=1S/C15H23N3O3/c1-15(2,10-20-4)18(3)14(19)12-7-17-13(8-16-12)21-9-11-5-6-11/h7-8,11H,5-6,9-10H2,1-4H3. The van der Waals surface area contributed by atoms with Gasteiger partial charge in [-0.25, -0.2) is 9.97 Å². The first-order chi connectivity index (χ1) is 9.94. The van der Waals surface area contributed by atoms with Crippen molar-refractivity contribution in [1.82, 2.24) is 14.9 Å². The molecule has 1 aliphatic carbocycles. The summed E-state index contributed by atoms with van der Waals surface area (Å²) in [6, 6.07) is 0. The number of likely N-dealkylation sites (N-methyl/N-ethyl adjacent to an activating group) is 1. The number of methoxy groups -OCH3 is 1. The molecule has 0 aliphatic heterocycles. The number of rotatable bonds is 7. The fourth-order valence-electron chi connectivity index (χ4n) is 1.89. The molecule has 1 aromatic rings. The molecule has 0 saturated heterocycles. The number of nitrogens with zero attached hydrogens (tertiary/aromatic N) is 3. The van der Waals surface area contributed by atoms with Crippen LogP contribution in [0.1, 0.15) is 37.2 Å². The van der Waals surface area contributed by atoms with Crippen molar-refractivity contribution in [1.29, 1.82) is 0 Å². The third-order valence-corrected chi connectivity index (χ3v) is 3.72. The van der Waals surface area contributed by atoms with Gasteiger partial charge in [-0.05, 0) is 32.6 Å². The molecule has 1 fully saturated rings. The SMILES string of the molecule is COCC(C)(C)N(C)C(=O)c1cnc(OCC2CC2)cn1. The van der Waals surface area contributed by atoms with Crippen LogP contribution in [-0.4, -0.2) is 53.7 Å². The van der Waals surface area contributed by atoms with E-state index in [0.717, 1.165) is 0 Å². The molecule has 0 N–H and O–H groups in total. The van der Waals surface area contributed by atoms with Crippen LogP contribution in [0.4, 0.5) is 0 Å². The second kappa shape index (κ2) is 6.39. The van der Waals surface area contributed by atoms with Crippen molar-refractivity contribution in [2.45, 2.75) is 32.2 Å². The van der Waals surface area contributed by atoms with Gasteiger partial charge < -0.3 is 14.4 Å². The van der Waals surface area contributed by atoms with E-state index < -0.39 is 5.54 Å². The first kappa shape index (κ1) is 15.7. The van der Waals surface area contributed by atoms with Crippen molar-refractivity contribution in [2.24, 2.45) is 5.92 Å². The van der Waals surface area contributed by atoms with E-state index in [1.54, 1.807) is 19.1 Å². The molecule has 0 unspecified atom stereocenters. The molecule has 2 rings (SSSR count). The normalized spacial score (nSPS) is 14.9. The van der Waals surface area contributed by atoms with Gasteiger partial charge in [0.2, 0.25) is 5.88 Å². The Morgan fingerprint density at radius 1 is 1.38 bits per heavy atom. The van der Waals surface area contributed by atoms with Gasteiger partial charge >= 0.3 is 0 Å². The maximum absolute atomic E-state index is 12.4. The molecule has 6 heteroatoms. The molecule has 0 spiro atoms. The lowest BCUT2D eigenvalue weighted by molar-refractivity contribution is 0.0361. The predicted octanol–water partition coefficient (Wildman–Crippen LogP) is 1.76. The summed E-state index contributed by atoms with van der Waals surface area (Å²) in [5.74, 6) is 0.949. The van der Waals surface area contributed by atoms with Crippen LogP contribution in [0.25, 0.3) is 0 Å². The average molecular weight is 293 g/mol. The molecule has 1 aliphatic rings. The van der Waals surface area contributed by atoms with Crippen LogP contribution in [0.15, 0.2) is 12.4 Å². The molecule has 1 saturated carbocycles. The minimum Gasteiger partial charge on any atom is -0.476 e. The molecule has 6 nitrogen and oxygen atoms in total. The first-order valence-electron chi connectivity index (χ1n) is 7.16. The highest BCUT2D eigenvalue weighted by molar-refractivity contribution is 5.92. The van der Waals surface area contributed by atoms with Gasteiger partial charge in [-0.2, -0.15) is 0 Å². The molecule has 1 heterocycles. The Balaban J connectivity index is 1.97. The second-order valence-corrected chi connectivity index (χ2v) is 6.10. The smallest absolute Gasteiger partial charge is 0.274 e. The van der Waals surface area contributed by atoms with Crippen LogP contribution in [0.2, 0.25) is 0 Å². The van der Waals surface area contributed by atoms with Crippen LogP contribution in [0.3, 0.4) is 0 Å². The molecule has 0 bridgehead atoms. The van der Waals surface area contributed by atoms with Gasteiger partial charge in [-0.15, -0.1) is 0 Å². The van der Waals surface area contributed by atoms with E-state index in [1.807, 2.05) is 13.8 Å². The Hall–Kier alpha value is -1.69. The Kier molecular flexibility index (Phi) is 4.77. The minimum absolute atomic E-state index is 0.182. The van der Waals surface area contributed by atoms with Crippen LogP contribution >= 0.6 is 0 Å². The predicted molar refractivity (Wildman–Crippen MR) is 78.3 cm³/mol. The lowest BCUT2D eigenvalue weighted by atomic mass is 10.0. The summed E-state index contributed by atoms with van der Waals surface area (Å²) in [5.41, 5.74) is -0.102. The highest BCUT2D eigenvalue weighted by atomic mass is 16.5. The lowest BCUT2D eigenvalue weighted by Crippen LogP contribution is -2.48. The fourth-order valence-corrected chi connectivity index (χ4v) is 1.89. The van der Waals surface area contributed by atoms with Gasteiger partial charge in [-0.3, -0.25) is 4.79 Å². The molecule has 0 aromatic carbocycles. The Morgan fingerprint density at radius 3 is 2.62 bits per heavy atom. The van der Waals surface area contributed by atoms with Gasteiger partial charge in [0.25, 0.3) is 5.91 Å². The summed E-state index contributed by atoms with van der Waals surface area (Å²) in [4.78, 5) is 22.3. The zero-order valence-electron chi connectivity index (χ0n) is 13.1. The van der Waals surface area contributed by atoms with E-state index in [9.17, 15) is 4.79 Å². The van der Waals surface area contributed by atoms with Gasteiger partial charge in [0.05, 0.1) is 31.1 Å². The molecular weight excluding hydrogens is 270 g/mol. The zero-order chi connectivity index (χ0) is 15.5. The lowest BCUT2D eigenvalue weighted by Gasteiger charge is -2.34. The molecule has 21 heavy (non-hydrogen) atoms. The largest absolute Gasteiger partial charge is 0.476 e. The summed E-state index contributed by atoms with van der Waals surface area (Å²) in [5, 5.41) is 0. The van der Waals surface area contributed by atoms with Crippen molar-refractivity contribution < 1.29 is 14.3 Å². The third-order valence-electron chi connectivity index (χ3n) is 3.72. The van der Waals surface area contributed by atoms with Crippen LogP contribution in [-0.2, 0) is 4.74 Å². The quantitative estimate of drug-likeness (QED) is 0.766. The van der Waals surface area contributed by atoms with E-state index in [1.165, 1.54) is 25.2 Å². The summed E-state index contributed by atoms with van der Waals surface area (Å²) in [7, 11) is 3.35. The van der Waals surface area contributed by atoms with E-state index in [-0.39, 0.29) is 5.91 Å². The topological polar surface area (TPSA) is 64.5 Å². The van der Waals surface area contributed by atoms with E-state index in [0.29, 0.717) is 30.7 Å². The molecule has 0 atom stereocenters. The number of ether oxygens (including phenoxy) is 2. The first-order valence-corrected chi connectivity index (χ1v) is 7.16. The maximum Gasteiger partial charge on any atom is 0.274 e. The van der Waals surface area contributed by atoms with E-state index >= 15 is 0 Å². The molecule has 1 amide bonds. The summed E-state index contributed by atoms with van der Waals surface area (Å²) in [6.07, 6.45) is 5.42. The Labute approximate surface area is 125 Å². The van der Waals surface area contributed by atoms with Crippen molar-refractivity contribution in [3.8, 4) is 5.88 Å². The summed E-state index contributed by atoms with van der Waals surface area (Å²) in [6.45, 7) is 5.01. The number of aromatic nitrogens is 2. The highest BCUT2D eigenvalue weighted by Crippen LogP contribution is 2.29. The number of carbonyl (C=O) groups is 1. The number of carbonyl (C=O) groups excluding carboxylic acids is 1. The van der Waals surface area contributed by atoms with Crippen LogP contribution in [0, 0.1) is 5.92 Å². The molecule has 116 valence electrons. The maximum atomic E-state index is 12.4. The second-order valence-electron chi connectivity index (χ2n) is 6.10. The Morgan fingerprint density at radius 2 is 2.10 bits per heavy atom. The van der Waals surface area contributed by atoms with Gasteiger partial charge in [0.15, 0.2) is 0 Å². The van der Waals surface area contributed by atoms with Crippen molar-refractivity contribution in [2.75, 3.05) is 27.4 Å². The number of hydrogen-bond donors (Lipinski definition) is 0. The third kappa shape index (κ3) is 4.14. The van der Waals surface area contributed by atoms with E-state index in [2.05, 4.69) is 9.97 Å². The zero-order valence-corrected chi connectivity index (χ0v) is 13.1. The number of amides is 1. The minimum atomic E-state index is -0.408. The van der Waals surface area contributed by atoms with Crippen LogP contribution < -0.4 is 4.74 Å². The number of hydrogen-bond acceptors (Lipinski definition) is 5. The monoisotopic (exact) mass is 293 g/mol. The molecule has 0 radical (unpaired) electrons. The van der Waals surface area contributed by atoms with Crippen molar-refractivity contribution in [3.63, 3.8) is 0 Å². The van der Waals surface area contributed by atoms with E-state index in [4.69, 9.17) is 9.47 Å². The summed E-state index contributed by atoms with van der Waals surface area (Å²) >= 11 is 0. The molecular formula is C15H23N3O3. The van der Waals surface area contributed by atoms with Gasteiger partial charge in [-0.1, -0.05) is 0 Å². The van der Waals surface area contributed by atoms with Gasteiger partial charge in [0.1, 0.15) is 5.69 Å². The average Bonchev–Trinajstić information content (AvgIpc) is 3.28. The fraction of sp³-hybridized carbons (Fsp3) is 0.667. The van der Waals surface area contributed by atoms with Crippen molar-refractivity contribution >= 4 is 5.91 Å². The molecule has 1 aromatic heterocycles. The van der Waals surface area contributed by atoms with Gasteiger partial charge in [0, 0.05) is 14.2 Å². The van der Waals surface area contributed by atoms with Crippen molar-refractivity contribution in [3.05, 3.63) is 18.1 Å². The van der Waals surface area contributed by atoms with Crippen LogP contribution in [0.5, 0.6) is 5.88 Å².